The van der Waals surface area contributed by atoms with Gasteiger partial charge in [0, 0.05) is 22.7 Å². The molecule has 86 valence electrons. The van der Waals surface area contributed by atoms with E-state index in [0.29, 0.717) is 0 Å². The maximum Gasteiger partial charge on any atom is 0.0472 e. The van der Waals surface area contributed by atoms with E-state index < -0.39 is 0 Å². The summed E-state index contributed by atoms with van der Waals surface area (Å²) in [6.45, 7) is 6.34. The molecule has 0 aromatic carbocycles. The smallest absolute Gasteiger partial charge is 0.0472 e. The molecule has 2 atom stereocenters. The van der Waals surface area contributed by atoms with Gasteiger partial charge in [-0.15, -0.1) is 0 Å². The topological polar surface area (TPSA) is 46.9 Å². The van der Waals surface area contributed by atoms with E-state index in [1.807, 2.05) is 0 Å². The Balaban J connectivity index is 2.09. The molecule has 4 fully saturated rings. The molecule has 4 aliphatic heterocycles. The van der Waals surface area contributed by atoms with Crippen molar-refractivity contribution in [3.8, 4) is 0 Å². The Morgan fingerprint density at radius 2 is 1.40 bits per heavy atom. The lowest BCUT2D eigenvalue weighted by Gasteiger charge is -2.69. The summed E-state index contributed by atoms with van der Waals surface area (Å²) in [7, 11) is 0. The van der Waals surface area contributed by atoms with Crippen LogP contribution in [0.1, 0.15) is 46.5 Å². The lowest BCUT2D eigenvalue weighted by atomic mass is 9.58. The highest BCUT2D eigenvalue weighted by Crippen LogP contribution is 2.57. The first-order valence-electron chi connectivity index (χ1n) is 5.77. The van der Waals surface area contributed by atoms with Gasteiger partial charge in [-0.2, -0.15) is 10.1 Å². The van der Waals surface area contributed by atoms with Crippen LogP contribution in [0.5, 0.6) is 0 Å². The van der Waals surface area contributed by atoms with Crippen molar-refractivity contribution in [2.45, 2.75) is 69.1 Å². The highest BCUT2D eigenvalue weighted by molar-refractivity contribution is 5.18. The number of hydrogen-bond acceptors (Lipinski definition) is 4. The summed E-state index contributed by atoms with van der Waals surface area (Å²) in [6.07, 6.45) is 3.43. The molecule has 4 heterocycles. The number of rotatable bonds is 0. The first kappa shape index (κ1) is 10.0. The molecule has 4 saturated heterocycles. The molecule has 0 saturated carbocycles. The van der Waals surface area contributed by atoms with E-state index in [1.54, 1.807) is 10.1 Å². The molecule has 4 rings (SSSR count). The van der Waals surface area contributed by atoms with E-state index >= 15 is 0 Å². The van der Waals surface area contributed by atoms with Crippen molar-refractivity contribution in [1.82, 2.24) is 10.1 Å². The van der Waals surface area contributed by atoms with Gasteiger partial charge in [0.25, 0.3) is 0 Å². The van der Waals surface area contributed by atoms with Crippen molar-refractivity contribution in [2.75, 3.05) is 0 Å². The minimum Gasteiger partial charge on any atom is -0.313 e. The molecule has 15 heavy (non-hydrogen) atoms. The first-order valence-corrected chi connectivity index (χ1v) is 5.77. The number of piperidine rings is 4. The Morgan fingerprint density at radius 3 is 1.80 bits per heavy atom. The van der Waals surface area contributed by atoms with Crippen LogP contribution in [0.4, 0.5) is 0 Å². The van der Waals surface area contributed by atoms with Crippen LogP contribution in [0.25, 0.3) is 0 Å². The fraction of sp³-hybridized carbons (Fsp3) is 1.00. The summed E-state index contributed by atoms with van der Waals surface area (Å²) < 4.78 is 0. The van der Waals surface area contributed by atoms with Crippen LogP contribution in [0.15, 0.2) is 0 Å². The third-order valence-corrected chi connectivity index (χ3v) is 4.80. The monoisotopic (exact) mass is 212 g/mol. The lowest BCUT2D eigenvalue weighted by Crippen LogP contribution is -2.79. The van der Waals surface area contributed by atoms with Crippen molar-refractivity contribution >= 4 is 0 Å². The highest BCUT2D eigenvalue weighted by atomic mass is 16.5. The molecule has 0 aliphatic carbocycles. The summed E-state index contributed by atoms with van der Waals surface area (Å²) >= 11 is 0. The van der Waals surface area contributed by atoms with E-state index in [4.69, 9.17) is 0 Å². The van der Waals surface area contributed by atoms with Crippen LogP contribution in [0, 0.1) is 0 Å². The summed E-state index contributed by atoms with van der Waals surface area (Å²) in [5, 5.41) is 23.5. The van der Waals surface area contributed by atoms with Gasteiger partial charge in [-0.05, 0) is 46.5 Å². The standard InChI is InChI=1S/C11H20N2O2/c1-9-4-8-5-10(2,13(9)15)7-11(3,6-9)12(8)14/h8,14-15H,4-7H2,1-3H3. The van der Waals surface area contributed by atoms with E-state index in [-0.39, 0.29) is 22.7 Å². The van der Waals surface area contributed by atoms with Crippen LogP contribution >= 0.6 is 0 Å². The van der Waals surface area contributed by atoms with Crippen molar-refractivity contribution in [3.05, 3.63) is 0 Å². The zero-order valence-electron chi connectivity index (χ0n) is 9.69. The van der Waals surface area contributed by atoms with E-state index in [9.17, 15) is 10.4 Å². The van der Waals surface area contributed by atoms with Crippen LogP contribution in [-0.2, 0) is 0 Å². The van der Waals surface area contributed by atoms with Crippen molar-refractivity contribution in [1.29, 1.82) is 0 Å². The van der Waals surface area contributed by atoms with E-state index in [0.717, 1.165) is 25.7 Å². The zero-order chi connectivity index (χ0) is 11.1. The van der Waals surface area contributed by atoms with Crippen molar-refractivity contribution in [3.63, 3.8) is 0 Å². The lowest BCUT2D eigenvalue weighted by molar-refractivity contribution is -0.375. The Bertz CT molecular complexity index is 296. The molecule has 4 bridgehead atoms. The molecule has 0 amide bonds. The van der Waals surface area contributed by atoms with Gasteiger partial charge < -0.3 is 10.4 Å². The Labute approximate surface area is 90.4 Å². The van der Waals surface area contributed by atoms with Gasteiger partial charge in [0.05, 0.1) is 0 Å². The third kappa shape index (κ3) is 1.01. The summed E-state index contributed by atoms with van der Waals surface area (Å²) in [6, 6.07) is 0.218. The fourth-order valence-electron chi connectivity index (χ4n) is 4.69. The van der Waals surface area contributed by atoms with E-state index in [2.05, 4.69) is 20.8 Å². The van der Waals surface area contributed by atoms with Gasteiger partial charge in [0.2, 0.25) is 0 Å². The van der Waals surface area contributed by atoms with Gasteiger partial charge in [-0.1, -0.05) is 0 Å². The minimum absolute atomic E-state index is 0.149. The second-order valence-corrected chi connectivity index (χ2v) is 6.56. The second-order valence-electron chi connectivity index (χ2n) is 6.56. The molecule has 4 heteroatoms. The maximum absolute atomic E-state index is 10.3. The fourth-order valence-corrected chi connectivity index (χ4v) is 4.69. The average Bonchev–Trinajstić information content (AvgIpc) is 2.07. The van der Waals surface area contributed by atoms with E-state index in [1.165, 1.54) is 0 Å². The number of nitrogens with zero attached hydrogens (tertiary/aromatic N) is 2. The highest BCUT2D eigenvalue weighted by Gasteiger charge is 2.66. The summed E-state index contributed by atoms with van der Waals surface area (Å²) in [5.41, 5.74) is -0.447. The SMILES string of the molecule is CC12CC3(C)CC(CC(C)(C1)N3O)N2O. The predicted molar refractivity (Wildman–Crippen MR) is 54.7 cm³/mol. The molecule has 0 aromatic rings. The van der Waals surface area contributed by atoms with Crippen molar-refractivity contribution in [2.24, 2.45) is 0 Å². The Morgan fingerprint density at radius 1 is 0.933 bits per heavy atom. The van der Waals surface area contributed by atoms with Crippen molar-refractivity contribution < 1.29 is 10.4 Å². The number of hydrogen-bond donors (Lipinski definition) is 2. The van der Waals surface area contributed by atoms with Gasteiger partial charge in [-0.25, -0.2) is 0 Å². The molecular weight excluding hydrogens is 192 g/mol. The predicted octanol–water partition coefficient (Wildman–Crippen LogP) is 1.61. The summed E-state index contributed by atoms with van der Waals surface area (Å²) in [5.74, 6) is 0. The van der Waals surface area contributed by atoms with Gasteiger partial charge >= 0.3 is 0 Å². The summed E-state index contributed by atoms with van der Waals surface area (Å²) in [4.78, 5) is 0. The molecule has 0 radical (unpaired) electrons. The van der Waals surface area contributed by atoms with Crippen LogP contribution in [0.3, 0.4) is 0 Å². The molecule has 2 N–H and O–H groups in total. The Hall–Kier alpha value is -0.160. The minimum atomic E-state index is -0.149. The molecule has 4 nitrogen and oxygen atoms in total. The quantitative estimate of drug-likeness (QED) is 0.640. The van der Waals surface area contributed by atoms with Gasteiger partial charge in [0.15, 0.2) is 0 Å². The zero-order valence-corrected chi connectivity index (χ0v) is 9.69. The molecule has 0 aromatic heterocycles. The van der Waals surface area contributed by atoms with Gasteiger partial charge in [-0.3, -0.25) is 0 Å². The molecule has 0 spiro atoms. The second kappa shape index (κ2) is 2.40. The first-order chi connectivity index (χ1) is 6.79. The maximum atomic E-state index is 10.3. The van der Waals surface area contributed by atoms with Crippen LogP contribution in [-0.4, -0.2) is 43.2 Å². The number of hydroxylamine groups is 4. The Kier molecular flexibility index (Phi) is 1.60. The van der Waals surface area contributed by atoms with Crippen LogP contribution in [0.2, 0.25) is 0 Å². The molecule has 4 aliphatic rings. The van der Waals surface area contributed by atoms with Crippen LogP contribution < -0.4 is 0 Å². The molecule has 2 unspecified atom stereocenters. The molecular formula is C11H20N2O2. The third-order valence-electron chi connectivity index (χ3n) is 4.80. The largest absolute Gasteiger partial charge is 0.313 e. The average molecular weight is 212 g/mol. The normalized spacial score (nSPS) is 60.2. The van der Waals surface area contributed by atoms with Gasteiger partial charge in [0.1, 0.15) is 0 Å².